The summed E-state index contributed by atoms with van der Waals surface area (Å²) in [6, 6.07) is 7.99. The number of carbonyl (C=O) groups is 1. The normalized spacial score (nSPS) is 17.3. The molecule has 1 amide bonds. The van der Waals surface area contributed by atoms with Gasteiger partial charge in [-0.15, -0.1) is 0 Å². The molecular weight excluding hydrogens is 370 g/mol. The summed E-state index contributed by atoms with van der Waals surface area (Å²) < 4.78 is 12.6. The van der Waals surface area contributed by atoms with Gasteiger partial charge in [-0.05, 0) is 45.4 Å². The van der Waals surface area contributed by atoms with E-state index >= 15 is 0 Å². The third-order valence-electron chi connectivity index (χ3n) is 4.88. The predicted molar refractivity (Wildman–Crippen MR) is 113 cm³/mol. The van der Waals surface area contributed by atoms with Gasteiger partial charge in [-0.1, -0.05) is 12.1 Å². The molecule has 8 heteroatoms. The second kappa shape index (κ2) is 8.23. The van der Waals surface area contributed by atoms with Crippen molar-refractivity contribution in [2.24, 2.45) is 0 Å². The molecule has 1 saturated heterocycles. The number of carbonyl (C=O) groups excluding carboxylic acids is 1. The molecule has 2 aromatic rings. The molecule has 29 heavy (non-hydrogen) atoms. The number of anilines is 2. The fourth-order valence-corrected chi connectivity index (χ4v) is 3.49. The Bertz CT molecular complexity index is 841. The standard InChI is InChI=1S/C21H31N5O3/c1-15-13-24(20(27)29-21(2,3)4)10-11-25(15)19-18(22)12-23-26(19)14-16-6-8-17(28-5)9-7-16/h6-9,12,15H,10-11,13-14,22H2,1-5H3. The molecule has 1 aromatic heterocycles. The summed E-state index contributed by atoms with van der Waals surface area (Å²) in [6.07, 6.45) is 1.41. The van der Waals surface area contributed by atoms with E-state index < -0.39 is 5.60 Å². The summed E-state index contributed by atoms with van der Waals surface area (Å²) in [4.78, 5) is 16.4. The number of nitrogens with zero attached hydrogens (tertiary/aromatic N) is 4. The number of piperazine rings is 1. The monoisotopic (exact) mass is 401 g/mol. The van der Waals surface area contributed by atoms with Crippen LogP contribution >= 0.6 is 0 Å². The van der Waals surface area contributed by atoms with Crippen LogP contribution in [0.3, 0.4) is 0 Å². The number of ether oxygens (including phenoxy) is 2. The molecule has 0 spiro atoms. The van der Waals surface area contributed by atoms with Gasteiger partial charge in [0.15, 0.2) is 5.82 Å². The Morgan fingerprint density at radius 1 is 1.24 bits per heavy atom. The quantitative estimate of drug-likeness (QED) is 0.848. The van der Waals surface area contributed by atoms with E-state index in [1.165, 1.54) is 0 Å². The van der Waals surface area contributed by atoms with E-state index in [0.29, 0.717) is 31.9 Å². The maximum atomic E-state index is 12.4. The van der Waals surface area contributed by atoms with Crippen molar-refractivity contribution in [1.29, 1.82) is 0 Å². The van der Waals surface area contributed by atoms with Gasteiger partial charge in [0.1, 0.15) is 11.4 Å². The van der Waals surface area contributed by atoms with E-state index in [1.54, 1.807) is 18.2 Å². The van der Waals surface area contributed by atoms with Crippen molar-refractivity contribution in [3.8, 4) is 5.75 Å². The Kier molecular flexibility index (Phi) is 5.91. The van der Waals surface area contributed by atoms with E-state index in [1.807, 2.05) is 49.7 Å². The molecule has 3 rings (SSSR count). The van der Waals surface area contributed by atoms with Gasteiger partial charge < -0.3 is 25.0 Å². The molecule has 1 aliphatic heterocycles. The highest BCUT2D eigenvalue weighted by molar-refractivity contribution is 5.69. The summed E-state index contributed by atoms with van der Waals surface area (Å²) in [5.41, 5.74) is 7.50. The Hall–Kier alpha value is -2.90. The van der Waals surface area contributed by atoms with Crippen LogP contribution in [0.5, 0.6) is 5.75 Å². The molecule has 0 saturated carbocycles. The first-order chi connectivity index (χ1) is 13.7. The molecule has 1 aliphatic rings. The second-order valence-corrected chi connectivity index (χ2v) is 8.40. The topological polar surface area (TPSA) is 85.9 Å². The molecule has 2 heterocycles. The van der Waals surface area contributed by atoms with E-state index in [0.717, 1.165) is 17.1 Å². The van der Waals surface area contributed by atoms with Gasteiger partial charge >= 0.3 is 6.09 Å². The smallest absolute Gasteiger partial charge is 0.410 e. The van der Waals surface area contributed by atoms with Gasteiger partial charge in [-0.25, -0.2) is 9.48 Å². The Morgan fingerprint density at radius 2 is 1.93 bits per heavy atom. The average molecular weight is 402 g/mol. The van der Waals surface area contributed by atoms with Crippen molar-refractivity contribution in [1.82, 2.24) is 14.7 Å². The maximum absolute atomic E-state index is 12.4. The molecule has 8 nitrogen and oxygen atoms in total. The zero-order valence-corrected chi connectivity index (χ0v) is 17.9. The number of nitrogens with two attached hydrogens (primary N) is 1. The minimum Gasteiger partial charge on any atom is -0.497 e. The van der Waals surface area contributed by atoms with E-state index in [4.69, 9.17) is 15.2 Å². The Balaban J connectivity index is 1.72. The van der Waals surface area contributed by atoms with Crippen LogP contribution in [0.4, 0.5) is 16.3 Å². The van der Waals surface area contributed by atoms with Crippen LogP contribution in [0.25, 0.3) is 0 Å². The fourth-order valence-electron chi connectivity index (χ4n) is 3.49. The summed E-state index contributed by atoms with van der Waals surface area (Å²) in [5.74, 6) is 1.71. The largest absolute Gasteiger partial charge is 0.497 e. The van der Waals surface area contributed by atoms with Crippen molar-refractivity contribution in [2.45, 2.75) is 45.9 Å². The molecule has 1 unspecified atom stereocenters. The maximum Gasteiger partial charge on any atom is 0.410 e. The minimum absolute atomic E-state index is 0.0879. The number of aromatic nitrogens is 2. The third-order valence-corrected chi connectivity index (χ3v) is 4.88. The lowest BCUT2D eigenvalue weighted by Crippen LogP contribution is -2.55. The zero-order chi connectivity index (χ0) is 21.2. The first-order valence-electron chi connectivity index (χ1n) is 9.86. The van der Waals surface area contributed by atoms with E-state index in [9.17, 15) is 4.79 Å². The van der Waals surface area contributed by atoms with Crippen molar-refractivity contribution < 1.29 is 14.3 Å². The van der Waals surface area contributed by atoms with Crippen molar-refractivity contribution >= 4 is 17.6 Å². The van der Waals surface area contributed by atoms with Crippen LogP contribution < -0.4 is 15.4 Å². The number of hydrogen-bond acceptors (Lipinski definition) is 6. The highest BCUT2D eigenvalue weighted by Crippen LogP contribution is 2.28. The van der Waals surface area contributed by atoms with Crippen molar-refractivity contribution in [3.05, 3.63) is 36.0 Å². The van der Waals surface area contributed by atoms with Crippen molar-refractivity contribution in [2.75, 3.05) is 37.4 Å². The summed E-state index contributed by atoms with van der Waals surface area (Å²) >= 11 is 0. The molecule has 158 valence electrons. The van der Waals surface area contributed by atoms with Gasteiger partial charge in [0.05, 0.1) is 25.5 Å². The van der Waals surface area contributed by atoms with Crippen LogP contribution in [0.15, 0.2) is 30.5 Å². The SMILES string of the molecule is COc1ccc(Cn2ncc(N)c2N2CCN(C(=O)OC(C)(C)C)CC2C)cc1. The number of rotatable bonds is 4. The van der Waals surface area contributed by atoms with Crippen LogP contribution in [-0.2, 0) is 11.3 Å². The summed E-state index contributed by atoms with van der Waals surface area (Å²) in [5, 5.41) is 4.48. The van der Waals surface area contributed by atoms with E-state index in [2.05, 4.69) is 16.9 Å². The lowest BCUT2D eigenvalue weighted by atomic mass is 10.2. The molecule has 1 fully saturated rings. The molecule has 1 aromatic carbocycles. The fraction of sp³-hybridized carbons (Fsp3) is 0.524. The lowest BCUT2D eigenvalue weighted by Gasteiger charge is -2.41. The number of amides is 1. The second-order valence-electron chi connectivity index (χ2n) is 8.40. The predicted octanol–water partition coefficient (Wildman–Crippen LogP) is 2.97. The van der Waals surface area contributed by atoms with E-state index in [-0.39, 0.29) is 12.1 Å². The molecular formula is C21H31N5O3. The number of hydrogen-bond donors (Lipinski definition) is 1. The third kappa shape index (κ3) is 4.93. The minimum atomic E-state index is -0.501. The number of benzene rings is 1. The van der Waals surface area contributed by atoms with Gasteiger partial charge in [0.2, 0.25) is 0 Å². The molecule has 0 aliphatic carbocycles. The molecule has 1 atom stereocenters. The van der Waals surface area contributed by atoms with Crippen LogP contribution in [-0.4, -0.2) is 59.2 Å². The Labute approximate surface area is 172 Å². The van der Waals surface area contributed by atoms with Gasteiger partial charge in [0.25, 0.3) is 0 Å². The van der Waals surface area contributed by atoms with Gasteiger partial charge in [-0.2, -0.15) is 5.10 Å². The van der Waals surface area contributed by atoms with Crippen LogP contribution in [0, 0.1) is 0 Å². The van der Waals surface area contributed by atoms with Gasteiger partial charge in [-0.3, -0.25) is 0 Å². The highest BCUT2D eigenvalue weighted by atomic mass is 16.6. The van der Waals surface area contributed by atoms with Crippen LogP contribution in [0.2, 0.25) is 0 Å². The summed E-state index contributed by atoms with van der Waals surface area (Å²) in [7, 11) is 1.65. The molecule has 2 N–H and O–H groups in total. The summed E-state index contributed by atoms with van der Waals surface area (Å²) in [6.45, 7) is 10.1. The average Bonchev–Trinajstić information content (AvgIpc) is 3.01. The molecule has 0 bridgehead atoms. The Morgan fingerprint density at radius 3 is 2.52 bits per heavy atom. The first-order valence-corrected chi connectivity index (χ1v) is 9.86. The molecule has 0 radical (unpaired) electrons. The zero-order valence-electron chi connectivity index (χ0n) is 17.9. The van der Waals surface area contributed by atoms with Crippen molar-refractivity contribution in [3.63, 3.8) is 0 Å². The van der Waals surface area contributed by atoms with Gasteiger partial charge in [0, 0.05) is 25.7 Å². The van der Waals surface area contributed by atoms with Crippen LogP contribution in [0.1, 0.15) is 33.3 Å². The lowest BCUT2D eigenvalue weighted by molar-refractivity contribution is 0.0218. The number of methoxy groups -OCH3 is 1. The number of nitrogen functional groups attached to an aromatic ring is 1. The highest BCUT2D eigenvalue weighted by Gasteiger charge is 2.32. The first kappa shape index (κ1) is 20.8.